The van der Waals surface area contributed by atoms with Gasteiger partial charge in [-0.25, -0.2) is 0 Å². The molecule has 17 heavy (non-hydrogen) atoms. The van der Waals surface area contributed by atoms with Crippen molar-refractivity contribution in [2.24, 2.45) is 4.99 Å². The molecule has 2 atom stereocenters. The van der Waals surface area contributed by atoms with Crippen molar-refractivity contribution in [2.75, 3.05) is 20.1 Å². The molecule has 0 saturated heterocycles. The van der Waals surface area contributed by atoms with Crippen LogP contribution in [0.3, 0.4) is 0 Å². The van der Waals surface area contributed by atoms with E-state index in [9.17, 15) is 0 Å². The summed E-state index contributed by atoms with van der Waals surface area (Å²) in [6.45, 7) is 1.93. The van der Waals surface area contributed by atoms with Crippen LogP contribution >= 0.6 is 11.6 Å². The van der Waals surface area contributed by atoms with Crippen molar-refractivity contribution in [2.45, 2.75) is 18.4 Å². The van der Waals surface area contributed by atoms with Crippen LogP contribution < -0.4 is 5.32 Å². The first-order valence-electron chi connectivity index (χ1n) is 6.01. The molecule has 90 valence electrons. The highest BCUT2D eigenvalue weighted by atomic mass is 35.5. The van der Waals surface area contributed by atoms with Gasteiger partial charge in [0.1, 0.15) is 0 Å². The zero-order chi connectivity index (χ0) is 11.8. The van der Waals surface area contributed by atoms with Gasteiger partial charge in [0.2, 0.25) is 0 Å². The Kier molecular flexibility index (Phi) is 2.71. The summed E-state index contributed by atoms with van der Waals surface area (Å²) in [6, 6.07) is 8.68. The van der Waals surface area contributed by atoms with E-state index in [2.05, 4.69) is 34.4 Å². The van der Waals surface area contributed by atoms with Crippen molar-refractivity contribution in [1.29, 1.82) is 0 Å². The van der Waals surface area contributed by atoms with Crippen LogP contribution in [0.5, 0.6) is 0 Å². The summed E-state index contributed by atoms with van der Waals surface area (Å²) < 4.78 is 0. The molecule has 1 aromatic rings. The minimum atomic E-state index is 0.521. The number of guanidine groups is 1. The second-order valence-electron chi connectivity index (χ2n) is 4.77. The minimum Gasteiger partial charge on any atom is -0.353 e. The lowest BCUT2D eigenvalue weighted by molar-refractivity contribution is 0.532. The fourth-order valence-electron chi connectivity index (χ4n) is 2.31. The van der Waals surface area contributed by atoms with Gasteiger partial charge in [-0.15, -0.1) is 0 Å². The summed E-state index contributed by atoms with van der Waals surface area (Å²) in [5, 5.41) is 4.33. The van der Waals surface area contributed by atoms with Gasteiger partial charge in [0, 0.05) is 30.6 Å². The third-order valence-corrected chi connectivity index (χ3v) is 3.68. The first-order valence-corrected chi connectivity index (χ1v) is 6.39. The lowest BCUT2D eigenvalue weighted by Crippen LogP contribution is -2.37. The van der Waals surface area contributed by atoms with Crippen LogP contribution in [0.25, 0.3) is 0 Å². The van der Waals surface area contributed by atoms with Crippen molar-refractivity contribution in [3.8, 4) is 0 Å². The predicted molar refractivity (Wildman–Crippen MR) is 70.7 cm³/mol. The third-order valence-electron chi connectivity index (χ3n) is 3.44. The van der Waals surface area contributed by atoms with Crippen LogP contribution in [0.15, 0.2) is 29.3 Å². The van der Waals surface area contributed by atoms with Gasteiger partial charge in [-0.05, 0) is 24.1 Å². The number of benzene rings is 1. The quantitative estimate of drug-likeness (QED) is 0.869. The van der Waals surface area contributed by atoms with Gasteiger partial charge in [-0.3, -0.25) is 4.99 Å². The Labute approximate surface area is 106 Å². The average Bonchev–Trinajstić information content (AvgIpc) is 2.96. The topological polar surface area (TPSA) is 27.6 Å². The monoisotopic (exact) mass is 249 g/mol. The number of likely N-dealkylation sites (N-methyl/N-ethyl adjacent to an activating group) is 1. The zero-order valence-corrected chi connectivity index (χ0v) is 10.6. The van der Waals surface area contributed by atoms with E-state index in [4.69, 9.17) is 11.6 Å². The summed E-state index contributed by atoms with van der Waals surface area (Å²) >= 11 is 6.01. The number of aliphatic imine (C=N–C) groups is 1. The molecule has 0 bridgehead atoms. The molecule has 0 unspecified atom stereocenters. The molecule has 1 N–H and O–H groups in total. The van der Waals surface area contributed by atoms with Gasteiger partial charge >= 0.3 is 0 Å². The Morgan fingerprint density at radius 2 is 2.35 bits per heavy atom. The molecule has 3 nitrogen and oxygen atoms in total. The van der Waals surface area contributed by atoms with Gasteiger partial charge in [0.25, 0.3) is 0 Å². The first-order chi connectivity index (χ1) is 8.24. The highest BCUT2D eigenvalue weighted by molar-refractivity contribution is 6.30. The molecule has 1 aliphatic carbocycles. The van der Waals surface area contributed by atoms with Crippen LogP contribution in [0.2, 0.25) is 5.02 Å². The molecule has 4 heteroatoms. The number of hydrogen-bond acceptors (Lipinski definition) is 3. The average molecular weight is 250 g/mol. The highest BCUT2D eigenvalue weighted by Gasteiger charge is 2.39. The fourth-order valence-corrected chi connectivity index (χ4v) is 2.51. The Hall–Kier alpha value is -1.22. The molecule has 1 aliphatic heterocycles. The van der Waals surface area contributed by atoms with Gasteiger partial charge in [0.05, 0.1) is 6.54 Å². The summed E-state index contributed by atoms with van der Waals surface area (Å²) in [7, 11) is 2.08. The lowest BCUT2D eigenvalue weighted by atomic mass is 10.1. The Balaban J connectivity index is 1.63. The summed E-state index contributed by atoms with van der Waals surface area (Å²) in [6.07, 6.45) is 1.17. The summed E-state index contributed by atoms with van der Waals surface area (Å²) in [5.41, 5.74) is 1.33. The standard InChI is InChI=1S/C13H16ClN3/c1-17-6-5-15-13(17)16-12-8-11(12)9-3-2-4-10(14)7-9/h2-4,7,11-12H,5-6,8H2,1H3,(H,15,16)/t11-,12+/m0/s1. The minimum absolute atomic E-state index is 0.521. The van der Waals surface area contributed by atoms with Crippen LogP contribution in [-0.4, -0.2) is 37.0 Å². The Bertz CT molecular complexity index is 458. The van der Waals surface area contributed by atoms with E-state index in [1.807, 2.05) is 12.1 Å². The van der Waals surface area contributed by atoms with E-state index in [-0.39, 0.29) is 0 Å². The number of hydrogen-bond donors (Lipinski definition) is 1. The molecule has 3 rings (SSSR count). The van der Waals surface area contributed by atoms with Gasteiger partial charge < -0.3 is 10.2 Å². The Morgan fingerprint density at radius 1 is 1.47 bits per heavy atom. The highest BCUT2D eigenvalue weighted by Crippen LogP contribution is 2.41. The van der Waals surface area contributed by atoms with Crippen molar-refractivity contribution < 1.29 is 0 Å². The largest absolute Gasteiger partial charge is 0.353 e. The van der Waals surface area contributed by atoms with E-state index >= 15 is 0 Å². The van der Waals surface area contributed by atoms with E-state index in [1.165, 1.54) is 12.0 Å². The third kappa shape index (κ3) is 2.25. The van der Waals surface area contributed by atoms with Crippen molar-refractivity contribution >= 4 is 17.6 Å². The van der Waals surface area contributed by atoms with Crippen LogP contribution in [-0.2, 0) is 0 Å². The number of nitrogens with zero attached hydrogens (tertiary/aromatic N) is 2. The molecule has 0 aromatic heterocycles. The van der Waals surface area contributed by atoms with Crippen molar-refractivity contribution in [1.82, 2.24) is 10.2 Å². The SMILES string of the molecule is CN1CCN=C1N[C@@H]1C[C@H]1c1cccc(Cl)c1. The molecule has 1 fully saturated rings. The predicted octanol–water partition coefficient (Wildman–Crippen LogP) is 2.09. The summed E-state index contributed by atoms with van der Waals surface area (Å²) in [4.78, 5) is 6.62. The second kappa shape index (κ2) is 4.22. The van der Waals surface area contributed by atoms with E-state index in [0.717, 1.165) is 24.1 Å². The molecular formula is C13H16ClN3. The number of nitrogens with one attached hydrogen (secondary N) is 1. The normalized spacial score (nSPS) is 26.9. The lowest BCUT2D eigenvalue weighted by Gasteiger charge is -2.15. The smallest absolute Gasteiger partial charge is 0.194 e. The van der Waals surface area contributed by atoms with Gasteiger partial charge in [-0.1, -0.05) is 23.7 Å². The summed E-state index contributed by atoms with van der Waals surface area (Å²) in [5.74, 6) is 1.63. The van der Waals surface area contributed by atoms with Crippen molar-refractivity contribution in [3.63, 3.8) is 0 Å². The second-order valence-corrected chi connectivity index (χ2v) is 5.21. The first kappa shape index (κ1) is 10.9. The molecule has 1 heterocycles. The fraction of sp³-hybridized carbons (Fsp3) is 0.462. The molecule has 0 radical (unpaired) electrons. The maximum absolute atomic E-state index is 6.01. The van der Waals surface area contributed by atoms with Gasteiger partial charge in [-0.2, -0.15) is 0 Å². The zero-order valence-electron chi connectivity index (χ0n) is 9.86. The molecule has 1 aromatic carbocycles. The van der Waals surface area contributed by atoms with Gasteiger partial charge in [0.15, 0.2) is 5.96 Å². The van der Waals surface area contributed by atoms with E-state index < -0.39 is 0 Å². The van der Waals surface area contributed by atoms with E-state index in [0.29, 0.717) is 12.0 Å². The maximum Gasteiger partial charge on any atom is 0.194 e. The van der Waals surface area contributed by atoms with Crippen LogP contribution in [0, 0.1) is 0 Å². The molecule has 2 aliphatic rings. The van der Waals surface area contributed by atoms with Crippen molar-refractivity contribution in [3.05, 3.63) is 34.9 Å². The number of rotatable bonds is 2. The Morgan fingerprint density at radius 3 is 3.06 bits per heavy atom. The maximum atomic E-state index is 6.01. The van der Waals surface area contributed by atoms with Crippen LogP contribution in [0.1, 0.15) is 17.9 Å². The van der Waals surface area contributed by atoms with Crippen LogP contribution in [0.4, 0.5) is 0 Å². The molecule has 1 saturated carbocycles. The molecule has 0 spiro atoms. The van der Waals surface area contributed by atoms with E-state index in [1.54, 1.807) is 0 Å². The number of halogens is 1. The molecule has 0 amide bonds. The molecular weight excluding hydrogens is 234 g/mol.